The zero-order chi connectivity index (χ0) is 10.6. The van der Waals surface area contributed by atoms with Gasteiger partial charge in [-0.15, -0.1) is 0 Å². The molecule has 0 aliphatic heterocycles. The molecule has 0 aromatic carbocycles. The van der Waals surface area contributed by atoms with Crippen LogP contribution in [0.4, 0.5) is 0 Å². The van der Waals surface area contributed by atoms with E-state index in [4.69, 9.17) is 5.11 Å². The summed E-state index contributed by atoms with van der Waals surface area (Å²) in [6.07, 6.45) is 5.26. The number of carboxylic acid groups (broad SMARTS) is 1. The zero-order valence-electron chi connectivity index (χ0n) is 7.67. The second kappa shape index (κ2) is 4.36. The molecule has 0 bridgehead atoms. The highest BCUT2D eigenvalue weighted by atomic mass is 16.4. The fourth-order valence-electron chi connectivity index (χ4n) is 1.03. The quantitative estimate of drug-likeness (QED) is 0.701. The molecular formula is C9H10N2O3. The standard InChI is InChI=1S/C9H10N2O3/c1-7(4-9(13)14)6-11-3-2-10-5-8(11)12/h2-5H,6H2,1H3,(H,13,14)/b7-4-. The molecule has 0 amide bonds. The average molecular weight is 194 g/mol. The first-order chi connectivity index (χ1) is 6.59. The Morgan fingerprint density at radius 2 is 2.43 bits per heavy atom. The highest BCUT2D eigenvalue weighted by Gasteiger charge is 1.97. The van der Waals surface area contributed by atoms with E-state index in [1.807, 2.05) is 0 Å². The van der Waals surface area contributed by atoms with Crippen LogP contribution in [-0.2, 0) is 11.3 Å². The molecular weight excluding hydrogens is 184 g/mol. The molecule has 14 heavy (non-hydrogen) atoms. The molecule has 0 unspecified atom stereocenters. The van der Waals surface area contributed by atoms with Gasteiger partial charge in [0.15, 0.2) is 0 Å². The van der Waals surface area contributed by atoms with Gasteiger partial charge in [-0.3, -0.25) is 9.78 Å². The van der Waals surface area contributed by atoms with Crippen LogP contribution in [0.25, 0.3) is 0 Å². The summed E-state index contributed by atoms with van der Waals surface area (Å²) in [6, 6.07) is 0. The highest BCUT2D eigenvalue weighted by molar-refractivity contribution is 5.80. The molecule has 0 saturated heterocycles. The van der Waals surface area contributed by atoms with E-state index >= 15 is 0 Å². The summed E-state index contributed by atoms with van der Waals surface area (Å²) >= 11 is 0. The Labute approximate surface area is 80.3 Å². The van der Waals surface area contributed by atoms with Gasteiger partial charge < -0.3 is 9.67 Å². The van der Waals surface area contributed by atoms with Crippen molar-refractivity contribution in [3.63, 3.8) is 0 Å². The third-order valence-corrected chi connectivity index (χ3v) is 1.59. The summed E-state index contributed by atoms with van der Waals surface area (Å²) in [5.74, 6) is -1.01. The van der Waals surface area contributed by atoms with E-state index in [1.54, 1.807) is 6.92 Å². The van der Waals surface area contributed by atoms with E-state index in [0.717, 1.165) is 6.08 Å². The monoisotopic (exact) mass is 194 g/mol. The molecule has 0 atom stereocenters. The fourth-order valence-corrected chi connectivity index (χ4v) is 1.03. The Morgan fingerprint density at radius 1 is 1.71 bits per heavy atom. The SMILES string of the molecule is C/C(=C/C(=O)O)Cn1ccncc1=O. The second-order valence-corrected chi connectivity index (χ2v) is 2.87. The van der Waals surface area contributed by atoms with Crippen LogP contribution >= 0.6 is 0 Å². The van der Waals surface area contributed by atoms with Gasteiger partial charge in [-0.05, 0) is 12.5 Å². The number of hydrogen-bond acceptors (Lipinski definition) is 3. The van der Waals surface area contributed by atoms with Crippen LogP contribution in [0.2, 0.25) is 0 Å². The fraction of sp³-hybridized carbons (Fsp3) is 0.222. The van der Waals surface area contributed by atoms with Gasteiger partial charge >= 0.3 is 5.97 Å². The lowest BCUT2D eigenvalue weighted by atomic mass is 10.3. The summed E-state index contributed by atoms with van der Waals surface area (Å²) < 4.78 is 1.39. The topological polar surface area (TPSA) is 72.2 Å². The van der Waals surface area contributed by atoms with E-state index in [9.17, 15) is 9.59 Å². The van der Waals surface area contributed by atoms with E-state index in [-0.39, 0.29) is 12.1 Å². The van der Waals surface area contributed by atoms with Gasteiger partial charge in [0, 0.05) is 25.0 Å². The molecule has 1 aromatic heterocycles. The first-order valence-electron chi connectivity index (χ1n) is 4.00. The Morgan fingerprint density at radius 3 is 3.00 bits per heavy atom. The minimum Gasteiger partial charge on any atom is -0.478 e. The van der Waals surface area contributed by atoms with Crippen LogP contribution in [0.5, 0.6) is 0 Å². The predicted molar refractivity (Wildman–Crippen MR) is 49.9 cm³/mol. The smallest absolute Gasteiger partial charge is 0.328 e. The van der Waals surface area contributed by atoms with E-state index in [2.05, 4.69) is 4.98 Å². The number of allylic oxidation sites excluding steroid dienone is 1. The molecule has 1 heterocycles. The van der Waals surface area contributed by atoms with Crippen molar-refractivity contribution in [1.29, 1.82) is 0 Å². The molecule has 0 saturated carbocycles. The zero-order valence-corrected chi connectivity index (χ0v) is 7.67. The summed E-state index contributed by atoms with van der Waals surface area (Å²) in [5.41, 5.74) is 0.358. The Hall–Kier alpha value is -1.91. The molecule has 1 N–H and O–H groups in total. The van der Waals surface area contributed by atoms with E-state index < -0.39 is 5.97 Å². The van der Waals surface area contributed by atoms with Crippen LogP contribution < -0.4 is 5.56 Å². The molecule has 1 rings (SSSR count). The van der Waals surface area contributed by atoms with E-state index in [0.29, 0.717) is 5.57 Å². The second-order valence-electron chi connectivity index (χ2n) is 2.87. The largest absolute Gasteiger partial charge is 0.478 e. The van der Waals surface area contributed by atoms with Gasteiger partial charge in [-0.1, -0.05) is 0 Å². The number of aromatic nitrogens is 2. The molecule has 0 spiro atoms. The highest BCUT2D eigenvalue weighted by Crippen LogP contribution is 1.95. The predicted octanol–water partition coefficient (Wildman–Crippen LogP) is 0.274. The lowest BCUT2D eigenvalue weighted by Gasteiger charge is -2.03. The normalized spacial score (nSPS) is 11.4. The number of carboxylic acids is 1. The number of carbonyl (C=O) groups is 1. The Bertz CT molecular complexity index is 420. The minimum atomic E-state index is -1.01. The lowest BCUT2D eigenvalue weighted by molar-refractivity contribution is -0.131. The summed E-state index contributed by atoms with van der Waals surface area (Å²) in [5, 5.41) is 8.46. The first-order valence-corrected chi connectivity index (χ1v) is 4.00. The molecule has 5 heteroatoms. The van der Waals surface area contributed by atoms with Gasteiger partial charge in [0.05, 0.1) is 6.20 Å². The van der Waals surface area contributed by atoms with Crippen LogP contribution in [0.1, 0.15) is 6.92 Å². The van der Waals surface area contributed by atoms with Gasteiger partial charge in [0.25, 0.3) is 5.56 Å². The van der Waals surface area contributed by atoms with Crippen molar-refractivity contribution in [1.82, 2.24) is 9.55 Å². The van der Waals surface area contributed by atoms with Crippen LogP contribution in [0.15, 0.2) is 35.0 Å². The lowest BCUT2D eigenvalue weighted by Crippen LogP contribution is -2.19. The van der Waals surface area contributed by atoms with Gasteiger partial charge in [-0.2, -0.15) is 0 Å². The van der Waals surface area contributed by atoms with Crippen molar-refractivity contribution in [2.24, 2.45) is 0 Å². The summed E-state index contributed by atoms with van der Waals surface area (Å²) in [6.45, 7) is 1.93. The van der Waals surface area contributed by atoms with Crippen molar-refractivity contribution >= 4 is 5.97 Å². The maximum Gasteiger partial charge on any atom is 0.328 e. The van der Waals surface area contributed by atoms with Crippen molar-refractivity contribution in [3.8, 4) is 0 Å². The molecule has 1 aromatic rings. The molecule has 5 nitrogen and oxygen atoms in total. The average Bonchev–Trinajstić information content (AvgIpc) is 2.07. The molecule has 0 aliphatic carbocycles. The van der Waals surface area contributed by atoms with Crippen molar-refractivity contribution in [2.75, 3.05) is 0 Å². The van der Waals surface area contributed by atoms with E-state index in [1.165, 1.54) is 23.2 Å². The van der Waals surface area contributed by atoms with Gasteiger partial charge in [0.2, 0.25) is 0 Å². The number of hydrogen-bond donors (Lipinski definition) is 1. The minimum absolute atomic E-state index is 0.245. The van der Waals surface area contributed by atoms with Gasteiger partial charge in [0.1, 0.15) is 0 Å². The third kappa shape index (κ3) is 2.85. The maximum absolute atomic E-state index is 11.2. The number of nitrogens with zero attached hydrogens (tertiary/aromatic N) is 2. The molecule has 0 fully saturated rings. The van der Waals surface area contributed by atoms with Crippen LogP contribution in [-0.4, -0.2) is 20.6 Å². The maximum atomic E-state index is 11.2. The summed E-state index contributed by atoms with van der Waals surface area (Å²) in [4.78, 5) is 25.1. The van der Waals surface area contributed by atoms with Crippen molar-refractivity contribution in [3.05, 3.63) is 40.6 Å². The van der Waals surface area contributed by atoms with Crippen molar-refractivity contribution < 1.29 is 9.90 Å². The Balaban J connectivity index is 2.85. The first kappa shape index (κ1) is 10.2. The number of aliphatic carboxylic acids is 1. The molecule has 74 valence electrons. The summed E-state index contributed by atoms with van der Waals surface area (Å²) in [7, 11) is 0. The molecule has 0 aliphatic rings. The van der Waals surface area contributed by atoms with Gasteiger partial charge in [-0.25, -0.2) is 4.79 Å². The number of rotatable bonds is 3. The molecule has 0 radical (unpaired) electrons. The van der Waals surface area contributed by atoms with Crippen molar-refractivity contribution in [2.45, 2.75) is 13.5 Å². The Kier molecular flexibility index (Phi) is 3.17. The third-order valence-electron chi connectivity index (χ3n) is 1.59. The van der Waals surface area contributed by atoms with Crippen LogP contribution in [0.3, 0.4) is 0 Å². The van der Waals surface area contributed by atoms with Crippen LogP contribution in [0, 0.1) is 0 Å².